The lowest BCUT2D eigenvalue weighted by atomic mass is 9.94. The molecule has 0 bridgehead atoms. The van der Waals surface area contributed by atoms with E-state index in [2.05, 4.69) is 0 Å². The molecule has 3 aromatic rings. The Hall–Kier alpha value is -4.46. The molecular weight excluding hydrogens is 472 g/mol. The molecule has 1 unspecified atom stereocenters. The molecule has 192 valence electrons. The summed E-state index contributed by atoms with van der Waals surface area (Å²) in [5.41, 5.74) is 2.35. The lowest BCUT2D eigenvalue weighted by Crippen LogP contribution is -2.29. The standard InChI is InChI=1S/C29H30N2O6/c1-6-37-22-9-7-8-20(16-22)31-26(18-10-12-19(13-11-18)30(2)3)25(28(33)29(31)34)27(32)23-15-14-21(35-4)17-24(23)36-5/h7-17,26,32H,6H2,1-5H3/b27-25-. The summed E-state index contributed by atoms with van der Waals surface area (Å²) < 4.78 is 16.3. The topological polar surface area (TPSA) is 88.5 Å². The predicted octanol–water partition coefficient (Wildman–Crippen LogP) is 4.79. The van der Waals surface area contributed by atoms with Crippen LogP contribution in [0.4, 0.5) is 11.4 Å². The van der Waals surface area contributed by atoms with E-state index in [9.17, 15) is 14.7 Å². The highest BCUT2D eigenvalue weighted by Crippen LogP contribution is 2.44. The second-order valence-corrected chi connectivity index (χ2v) is 8.65. The zero-order valence-electron chi connectivity index (χ0n) is 21.5. The van der Waals surface area contributed by atoms with Gasteiger partial charge in [-0.3, -0.25) is 14.5 Å². The molecule has 1 aliphatic heterocycles. The molecular formula is C29H30N2O6. The molecule has 1 heterocycles. The number of benzene rings is 3. The van der Waals surface area contributed by atoms with Gasteiger partial charge in [-0.05, 0) is 48.9 Å². The number of ether oxygens (including phenoxy) is 3. The largest absolute Gasteiger partial charge is 0.507 e. The number of rotatable bonds is 8. The number of methoxy groups -OCH3 is 2. The molecule has 3 aromatic carbocycles. The number of carbonyl (C=O) groups excluding carboxylic acids is 2. The molecule has 0 saturated carbocycles. The zero-order valence-corrected chi connectivity index (χ0v) is 21.5. The van der Waals surface area contributed by atoms with Crippen molar-refractivity contribution in [3.8, 4) is 17.2 Å². The SMILES string of the molecule is CCOc1cccc(N2C(=O)C(=O)/C(=C(\O)c3ccc(OC)cc3OC)C2c2ccc(N(C)C)cc2)c1. The minimum atomic E-state index is -0.875. The Labute approximate surface area is 216 Å². The number of hydrogen-bond donors (Lipinski definition) is 1. The van der Waals surface area contributed by atoms with E-state index >= 15 is 0 Å². The monoisotopic (exact) mass is 502 g/mol. The number of ketones is 1. The van der Waals surface area contributed by atoms with E-state index in [4.69, 9.17) is 14.2 Å². The fraction of sp³-hybridized carbons (Fsp3) is 0.241. The molecule has 1 atom stereocenters. The first-order valence-electron chi connectivity index (χ1n) is 11.8. The summed E-state index contributed by atoms with van der Waals surface area (Å²) in [4.78, 5) is 30.3. The van der Waals surface area contributed by atoms with Crippen molar-refractivity contribution >= 4 is 28.8 Å². The van der Waals surface area contributed by atoms with Gasteiger partial charge in [0.2, 0.25) is 0 Å². The molecule has 0 aromatic heterocycles. The van der Waals surface area contributed by atoms with E-state index in [1.807, 2.05) is 50.2 Å². The lowest BCUT2D eigenvalue weighted by molar-refractivity contribution is -0.132. The van der Waals surface area contributed by atoms with Gasteiger partial charge in [0, 0.05) is 37.6 Å². The average Bonchev–Trinajstić information content (AvgIpc) is 3.18. The molecule has 4 rings (SSSR count). The lowest BCUT2D eigenvalue weighted by Gasteiger charge is -2.26. The number of anilines is 2. The first-order valence-corrected chi connectivity index (χ1v) is 11.8. The highest BCUT2D eigenvalue weighted by Gasteiger charge is 2.47. The van der Waals surface area contributed by atoms with Crippen molar-refractivity contribution in [3.05, 3.63) is 83.4 Å². The Morgan fingerprint density at radius 1 is 0.946 bits per heavy atom. The normalized spacial score (nSPS) is 16.6. The molecule has 0 radical (unpaired) electrons. The summed E-state index contributed by atoms with van der Waals surface area (Å²) in [7, 11) is 6.83. The summed E-state index contributed by atoms with van der Waals surface area (Å²) in [6.07, 6.45) is 0. The summed E-state index contributed by atoms with van der Waals surface area (Å²) >= 11 is 0. The van der Waals surface area contributed by atoms with Gasteiger partial charge in [0.15, 0.2) is 0 Å². The second kappa shape index (κ2) is 10.7. The van der Waals surface area contributed by atoms with Gasteiger partial charge < -0.3 is 24.2 Å². The minimum Gasteiger partial charge on any atom is -0.507 e. The first kappa shape index (κ1) is 25.6. The average molecular weight is 503 g/mol. The van der Waals surface area contributed by atoms with Crippen molar-refractivity contribution in [2.75, 3.05) is 44.7 Å². The number of nitrogens with zero attached hydrogens (tertiary/aromatic N) is 2. The van der Waals surface area contributed by atoms with Crippen LogP contribution in [0.25, 0.3) is 5.76 Å². The van der Waals surface area contributed by atoms with Gasteiger partial charge in [0.05, 0.1) is 38.0 Å². The Bertz CT molecular complexity index is 1350. The van der Waals surface area contributed by atoms with Gasteiger partial charge in [-0.2, -0.15) is 0 Å². The van der Waals surface area contributed by atoms with Gasteiger partial charge in [0.25, 0.3) is 11.7 Å². The summed E-state index contributed by atoms with van der Waals surface area (Å²) in [6.45, 7) is 2.32. The van der Waals surface area contributed by atoms with Crippen LogP contribution in [0.3, 0.4) is 0 Å². The van der Waals surface area contributed by atoms with Crippen LogP contribution in [0.1, 0.15) is 24.1 Å². The van der Waals surface area contributed by atoms with E-state index < -0.39 is 17.7 Å². The molecule has 1 aliphatic rings. The number of hydrogen-bond acceptors (Lipinski definition) is 7. The number of amides is 1. The van der Waals surface area contributed by atoms with Crippen LogP contribution in [0, 0.1) is 0 Å². The van der Waals surface area contributed by atoms with E-state index in [1.165, 1.54) is 19.1 Å². The van der Waals surface area contributed by atoms with E-state index in [0.29, 0.717) is 35.1 Å². The van der Waals surface area contributed by atoms with Crippen molar-refractivity contribution < 1.29 is 28.9 Å². The Balaban J connectivity index is 1.94. The van der Waals surface area contributed by atoms with E-state index in [0.717, 1.165) is 5.69 Å². The third-order valence-corrected chi connectivity index (χ3v) is 6.24. The fourth-order valence-corrected chi connectivity index (χ4v) is 4.40. The fourth-order valence-electron chi connectivity index (χ4n) is 4.40. The maximum absolute atomic E-state index is 13.5. The third-order valence-electron chi connectivity index (χ3n) is 6.24. The Morgan fingerprint density at radius 3 is 2.30 bits per heavy atom. The van der Waals surface area contributed by atoms with Gasteiger partial charge in [-0.15, -0.1) is 0 Å². The van der Waals surface area contributed by atoms with Gasteiger partial charge in [-0.1, -0.05) is 18.2 Å². The summed E-state index contributed by atoms with van der Waals surface area (Å²) in [5, 5.41) is 11.5. The highest BCUT2D eigenvalue weighted by atomic mass is 16.5. The number of aliphatic hydroxyl groups is 1. The Kier molecular flexibility index (Phi) is 7.38. The Morgan fingerprint density at radius 2 is 1.68 bits per heavy atom. The van der Waals surface area contributed by atoms with Crippen molar-refractivity contribution in [2.24, 2.45) is 0 Å². The molecule has 1 amide bonds. The van der Waals surface area contributed by atoms with Crippen LogP contribution in [0.15, 0.2) is 72.3 Å². The quantitative estimate of drug-likeness (QED) is 0.269. The van der Waals surface area contributed by atoms with Crippen molar-refractivity contribution in [1.82, 2.24) is 0 Å². The van der Waals surface area contributed by atoms with Crippen molar-refractivity contribution in [1.29, 1.82) is 0 Å². The van der Waals surface area contributed by atoms with Crippen LogP contribution in [-0.2, 0) is 9.59 Å². The number of aliphatic hydroxyl groups excluding tert-OH is 1. The molecule has 8 nitrogen and oxygen atoms in total. The second-order valence-electron chi connectivity index (χ2n) is 8.65. The van der Waals surface area contributed by atoms with Crippen molar-refractivity contribution in [2.45, 2.75) is 13.0 Å². The van der Waals surface area contributed by atoms with Crippen LogP contribution >= 0.6 is 0 Å². The van der Waals surface area contributed by atoms with Crippen LogP contribution in [0.5, 0.6) is 17.2 Å². The molecule has 1 fully saturated rings. The maximum atomic E-state index is 13.5. The zero-order chi connectivity index (χ0) is 26.7. The summed E-state index contributed by atoms with van der Waals surface area (Å²) in [6, 6.07) is 18.5. The first-order chi connectivity index (χ1) is 17.8. The summed E-state index contributed by atoms with van der Waals surface area (Å²) in [5.74, 6) is -0.466. The molecule has 1 N–H and O–H groups in total. The molecule has 8 heteroatoms. The van der Waals surface area contributed by atoms with Gasteiger partial charge in [-0.25, -0.2) is 0 Å². The number of Topliss-reactive ketones (excluding diaryl/α,β-unsaturated/α-hetero) is 1. The van der Waals surface area contributed by atoms with Crippen LogP contribution in [0.2, 0.25) is 0 Å². The van der Waals surface area contributed by atoms with Crippen LogP contribution in [-0.4, -0.2) is 51.7 Å². The number of carbonyl (C=O) groups is 2. The molecule has 0 spiro atoms. The minimum absolute atomic E-state index is 0.0344. The van der Waals surface area contributed by atoms with E-state index in [1.54, 1.807) is 42.5 Å². The molecule has 0 aliphatic carbocycles. The molecule has 37 heavy (non-hydrogen) atoms. The molecule has 1 saturated heterocycles. The van der Waals surface area contributed by atoms with Crippen molar-refractivity contribution in [3.63, 3.8) is 0 Å². The van der Waals surface area contributed by atoms with E-state index in [-0.39, 0.29) is 16.9 Å². The van der Waals surface area contributed by atoms with Gasteiger partial charge >= 0.3 is 0 Å². The van der Waals surface area contributed by atoms with Gasteiger partial charge in [0.1, 0.15) is 23.0 Å². The predicted molar refractivity (Wildman–Crippen MR) is 143 cm³/mol. The highest BCUT2D eigenvalue weighted by molar-refractivity contribution is 6.51. The maximum Gasteiger partial charge on any atom is 0.300 e. The smallest absolute Gasteiger partial charge is 0.300 e. The van der Waals surface area contributed by atoms with Crippen LogP contribution < -0.4 is 24.0 Å². The third kappa shape index (κ3) is 4.82.